The van der Waals surface area contributed by atoms with Gasteiger partial charge in [-0.15, -0.1) is 0 Å². The number of hydrogen-bond donors (Lipinski definition) is 2. The van der Waals surface area contributed by atoms with Gasteiger partial charge in [-0.1, -0.05) is 12.1 Å². The van der Waals surface area contributed by atoms with Crippen LogP contribution in [0.1, 0.15) is 30.1 Å². The summed E-state index contributed by atoms with van der Waals surface area (Å²) in [5.41, 5.74) is 7.03. The number of primary amides is 1. The van der Waals surface area contributed by atoms with Crippen LogP contribution in [-0.2, 0) is 11.2 Å². The summed E-state index contributed by atoms with van der Waals surface area (Å²) in [5, 5.41) is 9.69. The summed E-state index contributed by atoms with van der Waals surface area (Å²) in [5.74, 6) is 0.392. The average Bonchev–Trinajstić information content (AvgIpc) is 2.61. The molecule has 1 aromatic rings. The Kier molecular flexibility index (Phi) is 3.10. The maximum atomic E-state index is 10.6. The largest absolute Gasteiger partial charge is 0.493 e. The van der Waals surface area contributed by atoms with E-state index < -0.39 is 0 Å². The molecule has 2 rings (SSSR count). The maximum absolute atomic E-state index is 10.6. The molecule has 86 valence electrons. The Morgan fingerprint density at radius 3 is 3.12 bits per heavy atom. The Balaban J connectivity index is 2.08. The molecule has 1 amide bonds. The Hall–Kier alpha value is -1.55. The van der Waals surface area contributed by atoms with E-state index in [4.69, 9.17) is 10.5 Å². The molecule has 0 aliphatic heterocycles. The number of fused-ring (bicyclic) bond motifs is 1. The van der Waals surface area contributed by atoms with Gasteiger partial charge in [0.15, 0.2) is 0 Å². The molecule has 0 saturated heterocycles. The molecule has 0 saturated carbocycles. The van der Waals surface area contributed by atoms with Crippen molar-refractivity contribution in [1.82, 2.24) is 0 Å². The highest BCUT2D eigenvalue weighted by Gasteiger charge is 2.22. The molecule has 1 aliphatic carbocycles. The van der Waals surface area contributed by atoms with E-state index in [0.717, 1.165) is 29.7 Å². The molecule has 16 heavy (non-hydrogen) atoms. The zero-order valence-electron chi connectivity index (χ0n) is 8.98. The summed E-state index contributed by atoms with van der Waals surface area (Å²) < 4.78 is 5.50. The van der Waals surface area contributed by atoms with Gasteiger partial charge < -0.3 is 15.6 Å². The highest BCUT2D eigenvalue weighted by atomic mass is 16.5. The van der Waals surface area contributed by atoms with E-state index in [9.17, 15) is 9.90 Å². The number of hydrogen-bond acceptors (Lipinski definition) is 3. The fourth-order valence-corrected chi connectivity index (χ4v) is 2.00. The van der Waals surface area contributed by atoms with Crippen LogP contribution < -0.4 is 10.5 Å². The van der Waals surface area contributed by atoms with Crippen LogP contribution in [0.5, 0.6) is 5.75 Å². The van der Waals surface area contributed by atoms with Gasteiger partial charge in [0.2, 0.25) is 5.91 Å². The third kappa shape index (κ3) is 2.17. The first-order valence-electron chi connectivity index (χ1n) is 5.39. The van der Waals surface area contributed by atoms with Crippen molar-refractivity contribution in [2.45, 2.75) is 25.4 Å². The minimum Gasteiger partial charge on any atom is -0.493 e. The van der Waals surface area contributed by atoms with Gasteiger partial charge in [-0.3, -0.25) is 4.79 Å². The standard InChI is InChI=1S/C12H15NO3/c13-12(15)6-7-16-11-3-1-2-8-9(11)4-5-10(8)14/h1-3,10,14H,4-7H2,(H2,13,15). The first kappa shape index (κ1) is 11.0. The van der Waals surface area contributed by atoms with E-state index in [2.05, 4.69) is 0 Å². The normalized spacial score (nSPS) is 18.2. The molecular formula is C12H15NO3. The zero-order valence-corrected chi connectivity index (χ0v) is 8.98. The van der Waals surface area contributed by atoms with Gasteiger partial charge in [0.1, 0.15) is 5.75 Å². The maximum Gasteiger partial charge on any atom is 0.220 e. The monoisotopic (exact) mass is 221 g/mol. The van der Waals surface area contributed by atoms with Crippen LogP contribution >= 0.6 is 0 Å². The van der Waals surface area contributed by atoms with Crippen molar-refractivity contribution in [2.24, 2.45) is 5.73 Å². The third-order valence-electron chi connectivity index (χ3n) is 2.80. The van der Waals surface area contributed by atoms with Crippen molar-refractivity contribution in [3.05, 3.63) is 29.3 Å². The summed E-state index contributed by atoms with van der Waals surface area (Å²) in [6, 6.07) is 5.62. The van der Waals surface area contributed by atoms with Crippen LogP contribution in [0, 0.1) is 0 Å². The topological polar surface area (TPSA) is 72.6 Å². The Morgan fingerprint density at radius 1 is 1.56 bits per heavy atom. The number of aliphatic hydroxyl groups excluding tert-OH is 1. The summed E-state index contributed by atoms with van der Waals surface area (Å²) >= 11 is 0. The molecule has 4 heteroatoms. The van der Waals surface area contributed by atoms with Gasteiger partial charge in [0.05, 0.1) is 19.1 Å². The van der Waals surface area contributed by atoms with Crippen LogP contribution in [-0.4, -0.2) is 17.6 Å². The molecule has 0 aromatic heterocycles. The van der Waals surface area contributed by atoms with Gasteiger partial charge in [-0.25, -0.2) is 0 Å². The Labute approximate surface area is 94.0 Å². The number of carbonyl (C=O) groups is 1. The second kappa shape index (κ2) is 4.53. The number of nitrogens with two attached hydrogens (primary N) is 1. The quantitative estimate of drug-likeness (QED) is 0.794. The van der Waals surface area contributed by atoms with E-state index in [1.54, 1.807) is 0 Å². The van der Waals surface area contributed by atoms with Crippen LogP contribution in [0.25, 0.3) is 0 Å². The molecule has 1 atom stereocenters. The number of amides is 1. The van der Waals surface area contributed by atoms with E-state index >= 15 is 0 Å². The van der Waals surface area contributed by atoms with E-state index in [1.165, 1.54) is 0 Å². The molecule has 0 radical (unpaired) electrons. The lowest BCUT2D eigenvalue weighted by atomic mass is 10.1. The molecule has 1 aromatic carbocycles. The minimum atomic E-state index is -0.380. The average molecular weight is 221 g/mol. The van der Waals surface area contributed by atoms with Crippen molar-refractivity contribution in [3.8, 4) is 5.75 Å². The number of aliphatic hydroxyl groups is 1. The Bertz CT molecular complexity index is 403. The van der Waals surface area contributed by atoms with Gasteiger partial charge in [0.25, 0.3) is 0 Å². The SMILES string of the molecule is NC(=O)CCOc1cccc2c1CCC2O. The molecule has 3 N–H and O–H groups in total. The lowest BCUT2D eigenvalue weighted by Crippen LogP contribution is -2.14. The number of ether oxygens (including phenoxy) is 1. The lowest BCUT2D eigenvalue weighted by molar-refractivity contribution is -0.118. The lowest BCUT2D eigenvalue weighted by Gasteiger charge is -2.10. The molecule has 1 aliphatic rings. The molecule has 0 heterocycles. The van der Waals surface area contributed by atoms with Crippen molar-refractivity contribution >= 4 is 5.91 Å². The zero-order chi connectivity index (χ0) is 11.5. The molecule has 0 fully saturated rings. The molecular weight excluding hydrogens is 206 g/mol. The number of carbonyl (C=O) groups excluding carboxylic acids is 1. The van der Waals surface area contributed by atoms with Crippen LogP contribution in [0.2, 0.25) is 0 Å². The van der Waals surface area contributed by atoms with Crippen LogP contribution in [0.4, 0.5) is 0 Å². The highest BCUT2D eigenvalue weighted by molar-refractivity contribution is 5.73. The van der Waals surface area contributed by atoms with Crippen molar-refractivity contribution in [1.29, 1.82) is 0 Å². The first-order chi connectivity index (χ1) is 7.68. The van der Waals surface area contributed by atoms with Crippen LogP contribution in [0.3, 0.4) is 0 Å². The molecule has 0 bridgehead atoms. The molecule has 4 nitrogen and oxygen atoms in total. The first-order valence-corrected chi connectivity index (χ1v) is 5.39. The second-order valence-electron chi connectivity index (χ2n) is 3.94. The number of benzene rings is 1. The minimum absolute atomic E-state index is 0.215. The fourth-order valence-electron chi connectivity index (χ4n) is 2.00. The van der Waals surface area contributed by atoms with Crippen molar-refractivity contribution in [2.75, 3.05) is 6.61 Å². The molecule has 0 spiro atoms. The fraction of sp³-hybridized carbons (Fsp3) is 0.417. The van der Waals surface area contributed by atoms with E-state index in [-0.39, 0.29) is 18.4 Å². The van der Waals surface area contributed by atoms with Gasteiger partial charge in [-0.05, 0) is 24.5 Å². The van der Waals surface area contributed by atoms with Crippen molar-refractivity contribution < 1.29 is 14.6 Å². The van der Waals surface area contributed by atoms with Gasteiger partial charge in [-0.2, -0.15) is 0 Å². The van der Waals surface area contributed by atoms with Crippen molar-refractivity contribution in [3.63, 3.8) is 0 Å². The van der Waals surface area contributed by atoms with E-state index in [1.807, 2.05) is 18.2 Å². The van der Waals surface area contributed by atoms with E-state index in [0.29, 0.717) is 6.61 Å². The Morgan fingerprint density at radius 2 is 2.38 bits per heavy atom. The summed E-state index contributed by atoms with van der Waals surface area (Å²) in [4.78, 5) is 10.6. The summed E-state index contributed by atoms with van der Waals surface area (Å²) in [6.07, 6.45) is 1.40. The predicted molar refractivity (Wildman–Crippen MR) is 59.0 cm³/mol. The second-order valence-corrected chi connectivity index (χ2v) is 3.94. The van der Waals surface area contributed by atoms with Gasteiger partial charge in [0, 0.05) is 5.56 Å². The van der Waals surface area contributed by atoms with Gasteiger partial charge >= 0.3 is 0 Å². The predicted octanol–water partition coefficient (Wildman–Crippen LogP) is 0.920. The highest BCUT2D eigenvalue weighted by Crippen LogP contribution is 2.36. The molecule has 1 unspecified atom stereocenters. The van der Waals surface area contributed by atoms with Crippen LogP contribution in [0.15, 0.2) is 18.2 Å². The number of rotatable bonds is 4. The third-order valence-corrected chi connectivity index (χ3v) is 2.80. The smallest absolute Gasteiger partial charge is 0.220 e. The summed E-state index contributed by atoms with van der Waals surface area (Å²) in [6.45, 7) is 0.294. The summed E-state index contributed by atoms with van der Waals surface area (Å²) in [7, 11) is 0.